The van der Waals surface area contributed by atoms with Crippen LogP contribution in [0.1, 0.15) is 62.2 Å². The van der Waals surface area contributed by atoms with Crippen LogP contribution in [-0.2, 0) is 13.9 Å². The van der Waals surface area contributed by atoms with E-state index in [-0.39, 0.29) is 11.5 Å². The summed E-state index contributed by atoms with van der Waals surface area (Å²) < 4.78 is 17.4. The molecule has 1 heterocycles. The maximum atomic E-state index is 12.6. The summed E-state index contributed by atoms with van der Waals surface area (Å²) >= 11 is 1.27. The van der Waals surface area contributed by atoms with Crippen molar-refractivity contribution in [2.24, 2.45) is 5.41 Å². The number of esters is 1. The molecule has 0 bridgehead atoms. The lowest BCUT2D eigenvalue weighted by molar-refractivity contribution is 0.0607. The molecule has 0 aliphatic carbocycles. The van der Waals surface area contributed by atoms with Crippen molar-refractivity contribution in [3.8, 4) is 0 Å². The minimum Gasteiger partial charge on any atom is -0.465 e. The van der Waals surface area contributed by atoms with Gasteiger partial charge in [-0.3, -0.25) is 5.32 Å². The number of carbonyl (C=O) groups excluding carboxylic acids is 2. The smallest absolute Gasteiger partial charge is 0.412 e. The van der Waals surface area contributed by atoms with Crippen LogP contribution in [0.2, 0.25) is 0 Å². The third-order valence-electron chi connectivity index (χ3n) is 5.28. The molecule has 0 saturated carbocycles. The average molecular weight is 526 g/mol. The van der Waals surface area contributed by atoms with E-state index in [4.69, 9.17) is 13.9 Å². The third-order valence-corrected chi connectivity index (χ3v) is 8.96. The average Bonchev–Trinajstić information content (AvgIpc) is 3.21. The fourth-order valence-corrected chi connectivity index (χ4v) is 7.81. The van der Waals surface area contributed by atoms with Crippen LogP contribution >= 0.6 is 11.3 Å². The van der Waals surface area contributed by atoms with Gasteiger partial charge in [-0.05, 0) is 42.6 Å². The Morgan fingerprint density at radius 2 is 1.42 bits per heavy atom. The van der Waals surface area contributed by atoms with Crippen molar-refractivity contribution in [3.05, 3.63) is 76.5 Å². The molecule has 3 aromatic rings. The molecule has 1 atom stereocenters. The third kappa shape index (κ3) is 7.29. The largest absolute Gasteiger partial charge is 0.465 e. The summed E-state index contributed by atoms with van der Waals surface area (Å²) in [4.78, 5) is 26.3. The van der Waals surface area contributed by atoms with Gasteiger partial charge in [0.25, 0.3) is 0 Å². The van der Waals surface area contributed by atoms with Crippen LogP contribution in [0.3, 0.4) is 0 Å². The molecule has 0 saturated heterocycles. The molecule has 192 valence electrons. The predicted octanol–water partition coefficient (Wildman–Crippen LogP) is 5.52. The van der Waals surface area contributed by atoms with Gasteiger partial charge in [0.05, 0.1) is 18.9 Å². The first kappa shape index (κ1) is 27.6. The highest BCUT2D eigenvalue weighted by Crippen LogP contribution is 2.42. The summed E-state index contributed by atoms with van der Waals surface area (Å²) in [5.74, 6) is -0.523. The van der Waals surface area contributed by atoms with E-state index in [0.29, 0.717) is 10.6 Å². The molecule has 1 unspecified atom stereocenters. The Kier molecular flexibility index (Phi) is 8.76. The predicted molar refractivity (Wildman–Crippen MR) is 148 cm³/mol. The normalized spacial score (nSPS) is 12.8. The molecule has 1 amide bonds. The Bertz CT molecular complexity index is 1130. The van der Waals surface area contributed by atoms with E-state index in [1.807, 2.05) is 36.4 Å². The fraction of sp³-hybridized carbons (Fsp3) is 0.357. The number of amides is 1. The molecule has 36 heavy (non-hydrogen) atoms. The quantitative estimate of drug-likeness (QED) is 0.325. The lowest BCUT2D eigenvalue weighted by Gasteiger charge is -2.34. The van der Waals surface area contributed by atoms with E-state index in [0.717, 1.165) is 15.3 Å². The molecular weight excluding hydrogens is 490 g/mol. The first-order chi connectivity index (χ1) is 16.9. The van der Waals surface area contributed by atoms with Gasteiger partial charge in [0, 0.05) is 4.88 Å². The number of hydrogen-bond donors (Lipinski definition) is 1. The summed E-state index contributed by atoms with van der Waals surface area (Å²) in [5.41, 5.74) is -0.613. The molecule has 0 aliphatic heterocycles. The van der Waals surface area contributed by atoms with Crippen molar-refractivity contribution in [1.82, 2.24) is 0 Å². The highest BCUT2D eigenvalue weighted by Gasteiger charge is 2.35. The van der Waals surface area contributed by atoms with Gasteiger partial charge in [-0.1, -0.05) is 81.4 Å². The van der Waals surface area contributed by atoms with E-state index in [2.05, 4.69) is 50.4 Å². The van der Waals surface area contributed by atoms with Crippen LogP contribution in [-0.4, -0.2) is 33.8 Å². The van der Waals surface area contributed by atoms with Gasteiger partial charge < -0.3 is 13.9 Å². The van der Waals surface area contributed by atoms with Crippen molar-refractivity contribution in [2.75, 3.05) is 12.4 Å². The van der Waals surface area contributed by atoms with Crippen molar-refractivity contribution in [1.29, 1.82) is 0 Å². The van der Waals surface area contributed by atoms with E-state index in [1.165, 1.54) is 18.4 Å². The van der Waals surface area contributed by atoms with Crippen molar-refractivity contribution < 1.29 is 23.5 Å². The first-order valence-corrected chi connectivity index (χ1v) is 14.3. The Hall–Kier alpha value is -2.94. The molecule has 0 radical (unpaired) electrons. The van der Waals surface area contributed by atoms with Crippen molar-refractivity contribution >= 4 is 48.5 Å². The summed E-state index contributed by atoms with van der Waals surface area (Å²) in [7, 11) is -0.771. The van der Waals surface area contributed by atoms with E-state index in [9.17, 15) is 9.59 Å². The van der Waals surface area contributed by atoms with E-state index < -0.39 is 26.7 Å². The minimum absolute atomic E-state index is 0.295. The number of ether oxygens (including phenoxy) is 2. The van der Waals surface area contributed by atoms with Crippen LogP contribution < -0.4 is 15.7 Å². The summed E-state index contributed by atoms with van der Waals surface area (Å²) in [5, 5.41) is 5.05. The zero-order valence-electron chi connectivity index (χ0n) is 22.0. The Labute approximate surface area is 219 Å². The maximum absolute atomic E-state index is 12.6. The van der Waals surface area contributed by atoms with Crippen LogP contribution in [0.15, 0.2) is 66.7 Å². The second-order valence-corrected chi connectivity index (χ2v) is 14.0. The fourth-order valence-electron chi connectivity index (χ4n) is 3.73. The monoisotopic (exact) mass is 525 g/mol. The van der Waals surface area contributed by atoms with Gasteiger partial charge in [0.15, 0.2) is 0 Å². The zero-order chi connectivity index (χ0) is 26.5. The van der Waals surface area contributed by atoms with Gasteiger partial charge in [-0.15, -0.1) is 11.3 Å². The van der Waals surface area contributed by atoms with Gasteiger partial charge in [-0.2, -0.15) is 0 Å². The van der Waals surface area contributed by atoms with Crippen LogP contribution in [0.25, 0.3) is 0 Å². The van der Waals surface area contributed by atoms with Gasteiger partial charge in [0.1, 0.15) is 10.5 Å². The first-order valence-electron chi connectivity index (χ1n) is 11.9. The second-order valence-electron chi connectivity index (χ2n) is 10.6. The van der Waals surface area contributed by atoms with Gasteiger partial charge >= 0.3 is 12.1 Å². The number of nitrogens with one attached hydrogen (secondary N) is 1. The molecule has 1 aromatic heterocycles. The molecule has 0 spiro atoms. The van der Waals surface area contributed by atoms with Gasteiger partial charge in [0.2, 0.25) is 9.04 Å². The molecule has 0 fully saturated rings. The summed E-state index contributed by atoms with van der Waals surface area (Å²) in [6, 6.07) is 22.3. The molecule has 2 aromatic carbocycles. The van der Waals surface area contributed by atoms with E-state index >= 15 is 0 Å². The standard InChI is InChI=1S/C28H35NO5SSi/c1-27(2,3)24(34-36(19-14-10-8-11-15-19)20-16-12-9-13-17-20)22-18-21(23(35-22)25(30)32-7)29-26(31)33-28(4,5)6/h8-18,24,36H,1-7H3,(H,29,31). The number of benzene rings is 2. The summed E-state index contributed by atoms with van der Waals surface area (Å²) in [6.07, 6.45) is -0.969. The molecule has 8 heteroatoms. The number of anilines is 1. The van der Waals surface area contributed by atoms with E-state index in [1.54, 1.807) is 26.8 Å². The molecule has 1 N–H and O–H groups in total. The molecule has 3 rings (SSSR count). The van der Waals surface area contributed by atoms with Crippen LogP contribution in [0, 0.1) is 5.41 Å². The molecule has 6 nitrogen and oxygen atoms in total. The number of hydrogen-bond acceptors (Lipinski definition) is 6. The molecular formula is C28H35NO5SSi. The maximum Gasteiger partial charge on any atom is 0.412 e. The number of carbonyl (C=O) groups is 2. The number of methoxy groups -OCH3 is 1. The Morgan fingerprint density at radius 1 is 0.889 bits per heavy atom. The topological polar surface area (TPSA) is 73.9 Å². The number of thiophene rings is 1. The van der Waals surface area contributed by atoms with Crippen LogP contribution in [0.4, 0.5) is 10.5 Å². The summed E-state index contributed by atoms with van der Waals surface area (Å²) in [6.45, 7) is 11.7. The second kappa shape index (κ2) is 11.4. The Morgan fingerprint density at radius 3 is 1.86 bits per heavy atom. The van der Waals surface area contributed by atoms with Gasteiger partial charge in [-0.25, -0.2) is 9.59 Å². The van der Waals surface area contributed by atoms with Crippen molar-refractivity contribution in [3.63, 3.8) is 0 Å². The number of rotatable bonds is 7. The molecule has 0 aliphatic rings. The highest BCUT2D eigenvalue weighted by molar-refractivity contribution is 7.14. The zero-order valence-corrected chi connectivity index (χ0v) is 23.9. The SMILES string of the molecule is COC(=O)c1sc(C(O[SiH](c2ccccc2)c2ccccc2)C(C)(C)C)cc1NC(=O)OC(C)(C)C. The lowest BCUT2D eigenvalue weighted by Crippen LogP contribution is -2.47. The lowest BCUT2D eigenvalue weighted by atomic mass is 9.88. The Balaban J connectivity index is 2.04. The van der Waals surface area contributed by atoms with Crippen molar-refractivity contribution in [2.45, 2.75) is 53.2 Å². The minimum atomic E-state index is -2.10. The highest BCUT2D eigenvalue weighted by atomic mass is 32.1. The van der Waals surface area contributed by atoms with Crippen LogP contribution in [0.5, 0.6) is 0 Å².